The van der Waals surface area contributed by atoms with Crippen LogP contribution in [0.4, 0.5) is 0 Å². The second-order valence-electron chi connectivity index (χ2n) is 5.08. The Morgan fingerprint density at radius 3 is 2.36 bits per heavy atom. The Morgan fingerprint density at radius 2 is 1.68 bits per heavy atom. The Kier molecular flexibility index (Phi) is 3.59. The molecule has 0 fully saturated rings. The first-order valence-electron chi connectivity index (χ1n) is 6.94. The Hall–Kier alpha value is -2.75. The molecule has 0 saturated heterocycles. The number of methoxy groups -OCH3 is 2. The number of rotatable bonds is 3. The number of hydrogen-bond acceptors (Lipinski definition) is 4. The van der Waals surface area contributed by atoms with Crippen LogP contribution >= 0.6 is 0 Å². The fourth-order valence-corrected chi connectivity index (χ4v) is 2.50. The third-order valence-corrected chi connectivity index (χ3v) is 3.77. The van der Waals surface area contributed by atoms with Gasteiger partial charge in [0.25, 0.3) is 0 Å². The van der Waals surface area contributed by atoms with Crippen LogP contribution in [0.1, 0.15) is 5.56 Å². The number of hydrogen-bond donors (Lipinski definition) is 1. The lowest BCUT2D eigenvalue weighted by Gasteiger charge is -2.12. The Labute approximate surface area is 129 Å². The fourth-order valence-electron chi connectivity index (χ4n) is 2.50. The number of phenolic OH excluding ortho intramolecular Hbond substituents is 1. The highest BCUT2D eigenvalue weighted by Gasteiger charge is 2.11. The van der Waals surface area contributed by atoms with Gasteiger partial charge in [0.05, 0.1) is 19.7 Å². The van der Waals surface area contributed by atoms with Gasteiger partial charge in [0.1, 0.15) is 5.75 Å². The van der Waals surface area contributed by atoms with E-state index in [9.17, 15) is 5.11 Å². The largest absolute Gasteiger partial charge is 0.508 e. The van der Waals surface area contributed by atoms with E-state index in [2.05, 4.69) is 4.98 Å². The maximum Gasteiger partial charge on any atom is 0.162 e. The van der Waals surface area contributed by atoms with Crippen LogP contribution in [0.5, 0.6) is 17.2 Å². The van der Waals surface area contributed by atoms with Gasteiger partial charge in [0.2, 0.25) is 0 Å². The molecule has 0 atom stereocenters. The lowest BCUT2D eigenvalue weighted by atomic mass is 9.99. The van der Waals surface area contributed by atoms with Crippen molar-refractivity contribution in [2.75, 3.05) is 14.2 Å². The summed E-state index contributed by atoms with van der Waals surface area (Å²) in [5.74, 6) is 1.58. The molecule has 1 aromatic heterocycles. The molecule has 0 unspecified atom stereocenters. The van der Waals surface area contributed by atoms with E-state index in [0.29, 0.717) is 11.5 Å². The van der Waals surface area contributed by atoms with Gasteiger partial charge < -0.3 is 14.6 Å². The van der Waals surface area contributed by atoms with Crippen molar-refractivity contribution in [3.05, 3.63) is 48.2 Å². The van der Waals surface area contributed by atoms with Crippen molar-refractivity contribution >= 4 is 10.9 Å². The number of aryl methyl sites for hydroxylation is 1. The zero-order chi connectivity index (χ0) is 15.7. The summed E-state index contributed by atoms with van der Waals surface area (Å²) in [4.78, 5) is 4.39. The number of phenols is 1. The van der Waals surface area contributed by atoms with E-state index >= 15 is 0 Å². The number of benzene rings is 2. The molecule has 2 aromatic carbocycles. The van der Waals surface area contributed by atoms with Crippen molar-refractivity contribution in [2.45, 2.75) is 6.92 Å². The monoisotopic (exact) mass is 295 g/mol. The quantitative estimate of drug-likeness (QED) is 0.795. The van der Waals surface area contributed by atoms with Crippen molar-refractivity contribution < 1.29 is 14.6 Å². The van der Waals surface area contributed by atoms with E-state index < -0.39 is 0 Å². The summed E-state index contributed by atoms with van der Waals surface area (Å²) in [5.41, 5.74) is 3.58. The summed E-state index contributed by atoms with van der Waals surface area (Å²) in [6, 6.07) is 11.3. The first kappa shape index (κ1) is 14.2. The van der Waals surface area contributed by atoms with E-state index in [1.807, 2.05) is 37.3 Å². The van der Waals surface area contributed by atoms with Crippen LogP contribution in [-0.2, 0) is 0 Å². The molecule has 0 aliphatic heterocycles. The van der Waals surface area contributed by atoms with Gasteiger partial charge in [0.15, 0.2) is 11.5 Å². The highest BCUT2D eigenvalue weighted by molar-refractivity contribution is 5.96. The Bertz CT molecular complexity index is 843. The topological polar surface area (TPSA) is 51.6 Å². The van der Waals surface area contributed by atoms with Crippen LogP contribution in [0.25, 0.3) is 22.0 Å². The van der Waals surface area contributed by atoms with E-state index in [0.717, 1.165) is 27.6 Å². The predicted molar refractivity (Wildman–Crippen MR) is 86.7 cm³/mol. The van der Waals surface area contributed by atoms with Gasteiger partial charge in [0, 0.05) is 17.6 Å². The van der Waals surface area contributed by atoms with E-state index in [1.165, 1.54) is 0 Å². The number of fused-ring (bicyclic) bond motifs is 1. The maximum atomic E-state index is 9.96. The highest BCUT2D eigenvalue weighted by Crippen LogP contribution is 2.37. The molecule has 3 aromatic rings. The molecule has 1 heterocycles. The lowest BCUT2D eigenvalue weighted by molar-refractivity contribution is 0.356. The van der Waals surface area contributed by atoms with Crippen molar-refractivity contribution in [3.63, 3.8) is 0 Å². The van der Waals surface area contributed by atoms with Crippen molar-refractivity contribution in [3.8, 4) is 28.4 Å². The van der Waals surface area contributed by atoms with Crippen LogP contribution in [0, 0.1) is 6.92 Å². The summed E-state index contributed by atoms with van der Waals surface area (Å²) >= 11 is 0. The molecule has 0 aliphatic carbocycles. The van der Waals surface area contributed by atoms with Gasteiger partial charge >= 0.3 is 0 Å². The zero-order valence-corrected chi connectivity index (χ0v) is 12.8. The molecule has 4 nitrogen and oxygen atoms in total. The first-order valence-corrected chi connectivity index (χ1v) is 6.94. The summed E-state index contributed by atoms with van der Waals surface area (Å²) < 4.78 is 10.7. The smallest absolute Gasteiger partial charge is 0.162 e. The van der Waals surface area contributed by atoms with Gasteiger partial charge in [-0.15, -0.1) is 0 Å². The third kappa shape index (κ3) is 2.33. The third-order valence-electron chi connectivity index (χ3n) is 3.77. The van der Waals surface area contributed by atoms with Gasteiger partial charge in [-0.2, -0.15) is 0 Å². The number of nitrogens with zero attached hydrogens (tertiary/aromatic N) is 1. The molecule has 22 heavy (non-hydrogen) atoms. The summed E-state index contributed by atoms with van der Waals surface area (Å²) in [5, 5.41) is 10.9. The van der Waals surface area contributed by atoms with Crippen LogP contribution in [0.2, 0.25) is 0 Å². The van der Waals surface area contributed by atoms with Crippen molar-refractivity contribution in [2.24, 2.45) is 0 Å². The second kappa shape index (κ2) is 5.56. The lowest BCUT2D eigenvalue weighted by Crippen LogP contribution is -1.92. The minimum absolute atomic E-state index is 0.280. The molecule has 0 amide bonds. The SMILES string of the molecule is COc1cc2nccc(-c3ccc(C)c(O)c3)c2cc1OC. The summed E-state index contributed by atoms with van der Waals surface area (Å²) in [6.07, 6.45) is 1.75. The molecular formula is C18H17NO3. The Balaban J connectivity index is 2.27. The molecule has 4 heteroatoms. The zero-order valence-electron chi connectivity index (χ0n) is 12.8. The number of aromatic nitrogens is 1. The minimum atomic E-state index is 0.280. The first-order chi connectivity index (χ1) is 10.6. The molecule has 1 N–H and O–H groups in total. The van der Waals surface area contributed by atoms with Gasteiger partial charge in [-0.25, -0.2) is 0 Å². The van der Waals surface area contributed by atoms with E-state index in [4.69, 9.17) is 9.47 Å². The van der Waals surface area contributed by atoms with Gasteiger partial charge in [-0.05, 0) is 41.8 Å². The molecule has 0 spiro atoms. The summed E-state index contributed by atoms with van der Waals surface area (Å²) in [6.45, 7) is 1.87. The van der Waals surface area contributed by atoms with Crippen LogP contribution in [0.3, 0.4) is 0 Å². The molecule has 112 valence electrons. The molecule has 0 saturated carbocycles. The van der Waals surface area contributed by atoms with Crippen LogP contribution < -0.4 is 9.47 Å². The fraction of sp³-hybridized carbons (Fsp3) is 0.167. The minimum Gasteiger partial charge on any atom is -0.508 e. The number of aromatic hydroxyl groups is 1. The molecular weight excluding hydrogens is 278 g/mol. The molecule has 0 aliphatic rings. The Morgan fingerprint density at radius 1 is 0.955 bits per heavy atom. The average Bonchev–Trinajstić information content (AvgIpc) is 2.55. The second-order valence-corrected chi connectivity index (χ2v) is 5.08. The van der Waals surface area contributed by atoms with Crippen molar-refractivity contribution in [1.82, 2.24) is 4.98 Å². The standard InChI is InChI=1S/C18H17NO3/c1-11-4-5-12(8-16(11)20)13-6-7-19-15-10-18(22-3)17(21-2)9-14(13)15/h4-10,20H,1-3H3. The van der Waals surface area contributed by atoms with E-state index in [-0.39, 0.29) is 5.75 Å². The maximum absolute atomic E-state index is 9.96. The average molecular weight is 295 g/mol. The van der Waals surface area contributed by atoms with E-state index in [1.54, 1.807) is 26.5 Å². The highest BCUT2D eigenvalue weighted by atomic mass is 16.5. The van der Waals surface area contributed by atoms with Crippen LogP contribution in [0.15, 0.2) is 42.6 Å². The molecule has 0 bridgehead atoms. The number of pyridine rings is 1. The molecule has 0 radical (unpaired) electrons. The normalized spacial score (nSPS) is 10.7. The van der Waals surface area contributed by atoms with Crippen LogP contribution in [-0.4, -0.2) is 24.3 Å². The van der Waals surface area contributed by atoms with Gasteiger partial charge in [-0.3, -0.25) is 4.98 Å². The van der Waals surface area contributed by atoms with Crippen molar-refractivity contribution in [1.29, 1.82) is 0 Å². The molecule has 3 rings (SSSR count). The van der Waals surface area contributed by atoms with Gasteiger partial charge in [-0.1, -0.05) is 12.1 Å². The summed E-state index contributed by atoms with van der Waals surface area (Å²) in [7, 11) is 3.21. The predicted octanol–water partition coefficient (Wildman–Crippen LogP) is 3.93. The number of ether oxygens (including phenoxy) is 2.